The number of halogens is 2. The third-order valence-corrected chi connectivity index (χ3v) is 6.27. The van der Waals surface area contributed by atoms with Gasteiger partial charge in [0, 0.05) is 16.2 Å². The second-order valence-corrected chi connectivity index (χ2v) is 8.72. The Balaban J connectivity index is 1.50. The van der Waals surface area contributed by atoms with E-state index in [0.717, 1.165) is 4.90 Å². The number of hydrogen-bond acceptors (Lipinski definition) is 6. The maximum atomic E-state index is 13.4. The Morgan fingerprint density at radius 2 is 1.83 bits per heavy atom. The van der Waals surface area contributed by atoms with Gasteiger partial charge in [-0.25, -0.2) is 0 Å². The fraction of sp³-hybridized carbons (Fsp3) is 0.115. The molecule has 0 aliphatic carbocycles. The first-order chi connectivity index (χ1) is 16.9. The van der Waals surface area contributed by atoms with Crippen LogP contribution in [0.5, 0.6) is 11.5 Å². The fourth-order valence-corrected chi connectivity index (χ4v) is 4.28. The third-order valence-electron chi connectivity index (χ3n) is 5.71. The first kappa shape index (κ1) is 22.8. The van der Waals surface area contributed by atoms with Crippen LogP contribution in [0.1, 0.15) is 18.2 Å². The molecule has 0 spiro atoms. The van der Waals surface area contributed by atoms with Crippen molar-refractivity contribution in [2.75, 3.05) is 6.79 Å². The number of benzene rings is 2. The lowest BCUT2D eigenvalue weighted by molar-refractivity contribution is -0.141. The van der Waals surface area contributed by atoms with Crippen LogP contribution in [0.3, 0.4) is 0 Å². The molecule has 0 unspecified atom stereocenters. The van der Waals surface area contributed by atoms with Gasteiger partial charge in [-0.1, -0.05) is 29.3 Å². The average molecular weight is 507 g/mol. The number of fused-ring (bicyclic) bond motifs is 1. The van der Waals surface area contributed by atoms with E-state index in [0.29, 0.717) is 44.2 Å². The summed E-state index contributed by atoms with van der Waals surface area (Å²) in [7, 11) is 0. The lowest BCUT2D eigenvalue weighted by Crippen LogP contribution is -2.42. The van der Waals surface area contributed by atoms with E-state index < -0.39 is 11.8 Å². The van der Waals surface area contributed by atoms with E-state index in [9.17, 15) is 14.9 Å². The number of hydrogen-bond donors (Lipinski definition) is 0. The second-order valence-electron chi connectivity index (χ2n) is 7.88. The van der Waals surface area contributed by atoms with Crippen molar-refractivity contribution in [3.05, 3.63) is 86.6 Å². The van der Waals surface area contributed by atoms with E-state index in [2.05, 4.69) is 0 Å². The minimum absolute atomic E-state index is 0.0361. The maximum Gasteiger partial charge on any atom is 0.271 e. The van der Waals surface area contributed by atoms with Crippen LogP contribution in [-0.4, -0.2) is 23.5 Å². The van der Waals surface area contributed by atoms with E-state index in [-0.39, 0.29) is 30.1 Å². The Kier molecular flexibility index (Phi) is 5.85. The van der Waals surface area contributed by atoms with E-state index in [1.54, 1.807) is 55.5 Å². The molecule has 0 bridgehead atoms. The summed E-state index contributed by atoms with van der Waals surface area (Å²) in [4.78, 5) is 27.4. The first-order valence-electron chi connectivity index (χ1n) is 10.5. The lowest BCUT2D eigenvalue weighted by Gasteiger charge is -2.27. The number of amides is 2. The van der Waals surface area contributed by atoms with Crippen LogP contribution in [-0.2, 0) is 16.1 Å². The standard InChI is InChI=1S/C26H16Cl2N2O5/c1-14-18(10-17-4-7-22(35-17)19-9-16(27)3-5-21(19)28)25(31)30(26(32)20(14)11-29)12-15-2-6-23-24(8-15)34-13-33-23/h2-10H,12-13H2,1H3/b18-10+. The Bertz CT molecular complexity index is 1500. The summed E-state index contributed by atoms with van der Waals surface area (Å²) in [6.07, 6.45) is 1.51. The van der Waals surface area contributed by atoms with E-state index in [1.165, 1.54) is 6.08 Å². The largest absolute Gasteiger partial charge is 0.457 e. The number of rotatable bonds is 4. The van der Waals surface area contributed by atoms with Crippen molar-refractivity contribution in [1.82, 2.24) is 4.90 Å². The summed E-state index contributed by atoms with van der Waals surface area (Å²) in [5, 5.41) is 10.6. The van der Waals surface area contributed by atoms with Crippen molar-refractivity contribution in [1.29, 1.82) is 5.26 Å². The molecule has 35 heavy (non-hydrogen) atoms. The second kappa shape index (κ2) is 8.99. The average Bonchev–Trinajstić information content (AvgIpc) is 3.50. The predicted molar refractivity (Wildman–Crippen MR) is 129 cm³/mol. The van der Waals surface area contributed by atoms with Crippen molar-refractivity contribution in [3.8, 4) is 28.9 Å². The molecule has 9 heteroatoms. The van der Waals surface area contributed by atoms with Gasteiger partial charge in [-0.15, -0.1) is 0 Å². The van der Waals surface area contributed by atoms with E-state index in [1.807, 2.05) is 6.07 Å². The molecule has 0 saturated carbocycles. The van der Waals surface area contributed by atoms with Crippen molar-refractivity contribution < 1.29 is 23.5 Å². The molecule has 2 aliphatic heterocycles. The molecule has 3 aromatic rings. The van der Waals surface area contributed by atoms with Crippen LogP contribution < -0.4 is 9.47 Å². The van der Waals surface area contributed by atoms with Crippen LogP contribution in [0.2, 0.25) is 10.0 Å². The van der Waals surface area contributed by atoms with Gasteiger partial charge in [-0.3, -0.25) is 14.5 Å². The summed E-state index contributed by atoms with van der Waals surface area (Å²) < 4.78 is 16.6. The number of ether oxygens (including phenoxy) is 2. The molecular weight excluding hydrogens is 491 g/mol. The quantitative estimate of drug-likeness (QED) is 0.329. The first-order valence-corrected chi connectivity index (χ1v) is 11.2. The molecule has 7 nitrogen and oxygen atoms in total. The molecule has 5 rings (SSSR count). The highest BCUT2D eigenvalue weighted by atomic mass is 35.5. The smallest absolute Gasteiger partial charge is 0.271 e. The Morgan fingerprint density at radius 1 is 1.03 bits per heavy atom. The summed E-state index contributed by atoms with van der Waals surface area (Å²) in [6.45, 7) is 1.64. The van der Waals surface area contributed by atoms with Gasteiger partial charge in [0.1, 0.15) is 23.2 Å². The van der Waals surface area contributed by atoms with Gasteiger partial charge in [-0.05, 0) is 66.6 Å². The molecule has 2 amide bonds. The van der Waals surface area contributed by atoms with Crippen LogP contribution in [0, 0.1) is 11.3 Å². The summed E-state index contributed by atoms with van der Waals surface area (Å²) in [5.74, 6) is 0.743. The van der Waals surface area contributed by atoms with Crippen molar-refractivity contribution in [2.24, 2.45) is 0 Å². The Hall–Kier alpha value is -3.99. The van der Waals surface area contributed by atoms with Gasteiger partial charge in [-0.2, -0.15) is 5.26 Å². The molecule has 174 valence electrons. The minimum atomic E-state index is -0.657. The summed E-state index contributed by atoms with van der Waals surface area (Å²) in [5.41, 5.74) is 1.61. The van der Waals surface area contributed by atoms with Gasteiger partial charge in [0.25, 0.3) is 11.8 Å². The number of nitriles is 1. The molecule has 0 atom stereocenters. The molecule has 0 radical (unpaired) electrons. The predicted octanol–water partition coefficient (Wildman–Crippen LogP) is 5.77. The van der Waals surface area contributed by atoms with E-state index in [4.69, 9.17) is 37.1 Å². The molecule has 2 aliphatic rings. The van der Waals surface area contributed by atoms with Gasteiger partial charge in [0.05, 0.1) is 11.6 Å². The molecule has 0 N–H and O–H groups in total. The van der Waals surface area contributed by atoms with Crippen molar-refractivity contribution in [2.45, 2.75) is 13.5 Å². The van der Waals surface area contributed by atoms with Crippen LogP contribution in [0.15, 0.2) is 69.7 Å². The number of nitrogens with zero attached hydrogens (tertiary/aromatic N) is 2. The molecular formula is C26H16Cl2N2O5. The maximum absolute atomic E-state index is 13.4. The SMILES string of the molecule is CC1=C(C#N)C(=O)N(Cc2ccc3c(c2)OCO3)C(=O)/C1=C/c1ccc(-c2cc(Cl)ccc2Cl)o1. The van der Waals surface area contributed by atoms with E-state index >= 15 is 0 Å². The number of furan rings is 1. The highest BCUT2D eigenvalue weighted by molar-refractivity contribution is 6.35. The minimum Gasteiger partial charge on any atom is -0.457 e. The van der Waals surface area contributed by atoms with Crippen molar-refractivity contribution in [3.63, 3.8) is 0 Å². The van der Waals surface area contributed by atoms with Gasteiger partial charge in [0.15, 0.2) is 11.5 Å². The highest BCUT2D eigenvalue weighted by Gasteiger charge is 2.36. The van der Waals surface area contributed by atoms with Crippen LogP contribution >= 0.6 is 23.2 Å². The monoisotopic (exact) mass is 506 g/mol. The molecule has 0 fully saturated rings. The lowest BCUT2D eigenvalue weighted by atomic mass is 9.94. The molecule has 1 aromatic heterocycles. The molecule has 2 aromatic carbocycles. The normalized spacial score (nSPS) is 16.3. The molecule has 0 saturated heterocycles. The van der Waals surface area contributed by atoms with Gasteiger partial charge >= 0.3 is 0 Å². The third kappa shape index (κ3) is 4.18. The number of carbonyl (C=O) groups is 2. The zero-order valence-corrected chi connectivity index (χ0v) is 19.8. The number of carbonyl (C=O) groups excluding carboxylic acids is 2. The zero-order valence-electron chi connectivity index (χ0n) is 18.3. The van der Waals surface area contributed by atoms with Crippen LogP contribution in [0.25, 0.3) is 17.4 Å². The molecule has 3 heterocycles. The summed E-state index contributed by atoms with van der Waals surface area (Å²) in [6, 6.07) is 15.5. The van der Waals surface area contributed by atoms with Gasteiger partial charge in [0.2, 0.25) is 6.79 Å². The highest BCUT2D eigenvalue weighted by Crippen LogP contribution is 2.35. The van der Waals surface area contributed by atoms with Gasteiger partial charge < -0.3 is 13.9 Å². The van der Waals surface area contributed by atoms with Crippen LogP contribution in [0.4, 0.5) is 0 Å². The zero-order chi connectivity index (χ0) is 24.7. The topological polar surface area (TPSA) is 92.8 Å². The Morgan fingerprint density at radius 3 is 2.63 bits per heavy atom. The van der Waals surface area contributed by atoms with Crippen molar-refractivity contribution >= 4 is 41.1 Å². The Labute approximate surface area is 210 Å². The number of imide groups is 1. The fourth-order valence-electron chi connectivity index (χ4n) is 3.90. The summed E-state index contributed by atoms with van der Waals surface area (Å²) >= 11 is 12.4.